The number of rotatable bonds is 4. The van der Waals surface area contributed by atoms with E-state index in [0.717, 1.165) is 0 Å². The molecule has 7 nitrogen and oxygen atoms in total. The molecule has 0 aromatic heterocycles. The predicted octanol–water partition coefficient (Wildman–Crippen LogP) is 1.65. The molecular weight excluding hydrogens is 278 g/mol. The third-order valence-electron chi connectivity index (χ3n) is 3.14. The summed E-state index contributed by atoms with van der Waals surface area (Å²) < 4.78 is 10.1. The van der Waals surface area contributed by atoms with Gasteiger partial charge >= 0.3 is 18.0 Å². The minimum Gasteiger partial charge on any atom is -0.480 e. The van der Waals surface area contributed by atoms with Crippen LogP contribution in [-0.4, -0.2) is 52.8 Å². The summed E-state index contributed by atoms with van der Waals surface area (Å²) in [7, 11) is 0. The van der Waals surface area contributed by atoms with Gasteiger partial charge in [0.25, 0.3) is 0 Å². The van der Waals surface area contributed by atoms with Crippen molar-refractivity contribution in [2.75, 3.05) is 13.2 Å². The van der Waals surface area contributed by atoms with Gasteiger partial charge in [0.05, 0.1) is 13.0 Å². The number of hydrogen-bond acceptors (Lipinski definition) is 5. The number of esters is 1. The topological polar surface area (TPSA) is 93.1 Å². The number of carbonyl (C=O) groups is 3. The van der Waals surface area contributed by atoms with Crippen molar-refractivity contribution in [3.05, 3.63) is 0 Å². The van der Waals surface area contributed by atoms with Crippen molar-refractivity contribution in [1.29, 1.82) is 0 Å². The number of nitrogens with zero attached hydrogens (tertiary/aromatic N) is 1. The lowest BCUT2D eigenvalue weighted by Gasteiger charge is -2.28. The molecule has 1 aliphatic rings. The van der Waals surface area contributed by atoms with Gasteiger partial charge in [0.1, 0.15) is 11.6 Å². The highest BCUT2D eigenvalue weighted by Gasteiger charge is 2.44. The van der Waals surface area contributed by atoms with Crippen LogP contribution in [0.4, 0.5) is 4.79 Å². The Hall–Kier alpha value is -1.79. The highest BCUT2D eigenvalue weighted by atomic mass is 16.6. The molecule has 21 heavy (non-hydrogen) atoms. The van der Waals surface area contributed by atoms with Gasteiger partial charge in [0, 0.05) is 12.5 Å². The molecule has 0 bridgehead atoms. The van der Waals surface area contributed by atoms with E-state index in [1.165, 1.54) is 4.90 Å². The second kappa shape index (κ2) is 6.78. The normalized spacial score (nSPS) is 22.0. The van der Waals surface area contributed by atoms with Crippen LogP contribution in [0.25, 0.3) is 0 Å². The van der Waals surface area contributed by atoms with Crippen molar-refractivity contribution < 1.29 is 29.0 Å². The summed E-state index contributed by atoms with van der Waals surface area (Å²) in [5.74, 6) is -2.03. The number of likely N-dealkylation sites (tertiary alicyclic amines) is 1. The smallest absolute Gasteiger partial charge is 0.411 e. The fourth-order valence-electron chi connectivity index (χ4n) is 2.36. The van der Waals surface area contributed by atoms with Gasteiger partial charge in [-0.05, 0) is 34.1 Å². The van der Waals surface area contributed by atoms with Crippen molar-refractivity contribution in [2.45, 2.75) is 52.2 Å². The molecule has 0 spiro atoms. The van der Waals surface area contributed by atoms with Crippen LogP contribution in [0.1, 0.15) is 40.5 Å². The second-order valence-electron chi connectivity index (χ2n) is 6.01. The molecular formula is C14H23NO6. The monoisotopic (exact) mass is 301 g/mol. The van der Waals surface area contributed by atoms with Crippen LogP contribution < -0.4 is 0 Å². The van der Waals surface area contributed by atoms with Crippen molar-refractivity contribution >= 4 is 18.0 Å². The van der Waals surface area contributed by atoms with E-state index in [2.05, 4.69) is 0 Å². The molecule has 1 amide bonds. The van der Waals surface area contributed by atoms with Gasteiger partial charge in [-0.25, -0.2) is 9.59 Å². The van der Waals surface area contributed by atoms with Crippen LogP contribution in [0, 0.1) is 5.92 Å². The molecule has 0 aromatic rings. The predicted molar refractivity (Wildman–Crippen MR) is 73.7 cm³/mol. The largest absolute Gasteiger partial charge is 0.480 e. The average Bonchev–Trinajstić information content (AvgIpc) is 2.70. The summed E-state index contributed by atoms with van der Waals surface area (Å²) in [6.07, 6.45) is -0.236. The van der Waals surface area contributed by atoms with Gasteiger partial charge < -0.3 is 14.6 Å². The maximum absolute atomic E-state index is 12.1. The zero-order valence-electron chi connectivity index (χ0n) is 12.9. The Bertz CT molecular complexity index is 414. The first-order valence-electron chi connectivity index (χ1n) is 7.03. The molecule has 1 fully saturated rings. The van der Waals surface area contributed by atoms with E-state index in [1.54, 1.807) is 27.7 Å². The average molecular weight is 301 g/mol. The van der Waals surface area contributed by atoms with Crippen LogP contribution in [0.2, 0.25) is 0 Å². The zero-order chi connectivity index (χ0) is 16.2. The van der Waals surface area contributed by atoms with Gasteiger partial charge in [0.15, 0.2) is 0 Å². The van der Waals surface area contributed by atoms with Crippen LogP contribution in [0.5, 0.6) is 0 Å². The molecule has 1 heterocycles. The molecule has 0 radical (unpaired) electrons. The number of hydrogen-bond donors (Lipinski definition) is 1. The second-order valence-corrected chi connectivity index (χ2v) is 6.01. The standard InChI is InChI=1S/C14H23NO6/c1-5-20-10(16)8-9-6-7-15(11(9)12(17)18)13(19)21-14(2,3)4/h9,11H,5-8H2,1-4H3,(H,17,18)/t9-,11+/m1/s1. The fourth-order valence-corrected chi connectivity index (χ4v) is 2.36. The van der Waals surface area contributed by atoms with E-state index in [4.69, 9.17) is 9.47 Å². The number of aliphatic carboxylic acids is 1. The summed E-state index contributed by atoms with van der Waals surface area (Å²) in [5.41, 5.74) is -0.695. The SMILES string of the molecule is CCOC(=O)C[C@H]1CCN(C(=O)OC(C)(C)C)[C@@H]1C(=O)O. The fraction of sp³-hybridized carbons (Fsp3) is 0.786. The molecule has 0 aromatic carbocycles. The third kappa shape index (κ3) is 4.91. The summed E-state index contributed by atoms with van der Waals surface area (Å²) >= 11 is 0. The third-order valence-corrected chi connectivity index (χ3v) is 3.14. The van der Waals surface area contributed by atoms with E-state index in [1.807, 2.05) is 0 Å². The van der Waals surface area contributed by atoms with E-state index < -0.39 is 35.6 Å². The molecule has 0 unspecified atom stereocenters. The van der Waals surface area contributed by atoms with Crippen molar-refractivity contribution in [1.82, 2.24) is 4.90 Å². The van der Waals surface area contributed by atoms with E-state index in [9.17, 15) is 19.5 Å². The highest BCUT2D eigenvalue weighted by Crippen LogP contribution is 2.29. The molecule has 1 N–H and O–H groups in total. The number of ether oxygens (including phenoxy) is 2. The van der Waals surface area contributed by atoms with Gasteiger partial charge in [-0.15, -0.1) is 0 Å². The Labute approximate surface area is 124 Å². The van der Waals surface area contributed by atoms with Crippen LogP contribution >= 0.6 is 0 Å². The molecule has 2 atom stereocenters. The highest BCUT2D eigenvalue weighted by molar-refractivity contribution is 5.82. The van der Waals surface area contributed by atoms with Crippen molar-refractivity contribution in [2.24, 2.45) is 5.92 Å². The Kier molecular flexibility index (Phi) is 5.57. The summed E-state index contributed by atoms with van der Waals surface area (Å²) in [4.78, 5) is 36.2. The Morgan fingerprint density at radius 1 is 1.29 bits per heavy atom. The molecule has 1 saturated heterocycles. The molecule has 1 rings (SSSR count). The molecule has 1 aliphatic heterocycles. The zero-order valence-corrected chi connectivity index (χ0v) is 12.9. The lowest BCUT2D eigenvalue weighted by molar-refractivity contribution is -0.147. The Morgan fingerprint density at radius 2 is 1.90 bits per heavy atom. The summed E-state index contributed by atoms with van der Waals surface area (Å²) in [6, 6.07) is -1.05. The minimum atomic E-state index is -1.13. The molecule has 7 heteroatoms. The Balaban J connectivity index is 2.77. The van der Waals surface area contributed by atoms with E-state index >= 15 is 0 Å². The van der Waals surface area contributed by atoms with Gasteiger partial charge in [-0.3, -0.25) is 9.69 Å². The number of carbonyl (C=O) groups excluding carboxylic acids is 2. The summed E-state index contributed by atoms with van der Waals surface area (Å²) in [6.45, 7) is 7.34. The number of carboxylic acid groups (broad SMARTS) is 1. The quantitative estimate of drug-likeness (QED) is 0.794. The molecule has 120 valence electrons. The van der Waals surface area contributed by atoms with Crippen LogP contribution in [0.15, 0.2) is 0 Å². The number of carboxylic acids is 1. The van der Waals surface area contributed by atoms with Crippen molar-refractivity contribution in [3.8, 4) is 0 Å². The Morgan fingerprint density at radius 3 is 2.38 bits per heavy atom. The summed E-state index contributed by atoms with van der Waals surface area (Å²) in [5, 5.41) is 9.34. The first-order valence-corrected chi connectivity index (χ1v) is 7.03. The van der Waals surface area contributed by atoms with Crippen molar-refractivity contribution in [3.63, 3.8) is 0 Å². The van der Waals surface area contributed by atoms with E-state index in [0.29, 0.717) is 6.42 Å². The maximum Gasteiger partial charge on any atom is 0.411 e. The number of amides is 1. The molecule has 0 saturated carbocycles. The van der Waals surface area contributed by atoms with Crippen LogP contribution in [-0.2, 0) is 19.1 Å². The molecule has 0 aliphatic carbocycles. The van der Waals surface area contributed by atoms with Crippen LogP contribution in [0.3, 0.4) is 0 Å². The lowest BCUT2D eigenvalue weighted by atomic mass is 9.97. The van der Waals surface area contributed by atoms with Gasteiger partial charge in [-0.2, -0.15) is 0 Å². The van der Waals surface area contributed by atoms with Gasteiger partial charge in [-0.1, -0.05) is 0 Å². The lowest BCUT2D eigenvalue weighted by Crippen LogP contribution is -2.45. The first-order chi connectivity index (χ1) is 9.65. The first kappa shape index (κ1) is 17.3. The minimum absolute atomic E-state index is 0.00982. The maximum atomic E-state index is 12.1. The van der Waals surface area contributed by atoms with E-state index in [-0.39, 0.29) is 19.6 Å². The van der Waals surface area contributed by atoms with Gasteiger partial charge in [0.2, 0.25) is 0 Å².